The molecule has 3 aliphatic rings. The van der Waals surface area contributed by atoms with Gasteiger partial charge >= 0.3 is 0 Å². The minimum atomic E-state index is -1.00. The van der Waals surface area contributed by atoms with Crippen LogP contribution in [-0.2, 0) is 9.59 Å². The quantitative estimate of drug-likeness (QED) is 0.745. The van der Waals surface area contributed by atoms with Gasteiger partial charge in [-0.05, 0) is 60.8 Å². The van der Waals surface area contributed by atoms with E-state index in [4.69, 9.17) is 0 Å². The highest BCUT2D eigenvalue weighted by molar-refractivity contribution is 6.05. The molecule has 0 heterocycles. The van der Waals surface area contributed by atoms with Crippen molar-refractivity contribution >= 4 is 11.6 Å². The molecule has 0 aliphatic heterocycles. The maximum atomic E-state index is 12.3. The number of fused-ring (bicyclic) bond motifs is 3. The fourth-order valence-corrected chi connectivity index (χ4v) is 4.97. The Labute approximate surface area is 126 Å². The van der Waals surface area contributed by atoms with Crippen LogP contribution in [0.3, 0.4) is 0 Å². The molecule has 2 saturated carbocycles. The first-order valence-electron chi connectivity index (χ1n) is 7.83. The standard InChI is InChI=1S/C18H24O3/c1-11-10-18(21)8-5-13-16(2,3)15(20)6-7-17(13,4)14(18)9-12(11)19/h9-10,13,21H,5-8H2,1-4H3. The lowest BCUT2D eigenvalue weighted by atomic mass is 9.46. The molecule has 3 heteroatoms. The summed E-state index contributed by atoms with van der Waals surface area (Å²) in [5, 5.41) is 11.0. The highest BCUT2D eigenvalue weighted by Crippen LogP contribution is 2.61. The van der Waals surface area contributed by atoms with Crippen molar-refractivity contribution in [3.8, 4) is 0 Å². The third-order valence-electron chi connectivity index (χ3n) is 6.25. The van der Waals surface area contributed by atoms with E-state index in [2.05, 4.69) is 6.92 Å². The Morgan fingerprint density at radius 1 is 1.19 bits per heavy atom. The number of carbonyl (C=O) groups is 2. The van der Waals surface area contributed by atoms with Crippen LogP contribution in [0, 0.1) is 16.7 Å². The monoisotopic (exact) mass is 288 g/mol. The maximum Gasteiger partial charge on any atom is 0.181 e. The van der Waals surface area contributed by atoms with Crippen molar-refractivity contribution in [1.82, 2.24) is 0 Å². The van der Waals surface area contributed by atoms with Gasteiger partial charge < -0.3 is 5.11 Å². The molecule has 0 aromatic heterocycles. The van der Waals surface area contributed by atoms with E-state index in [9.17, 15) is 14.7 Å². The first-order valence-corrected chi connectivity index (χ1v) is 7.83. The summed E-state index contributed by atoms with van der Waals surface area (Å²) in [6.45, 7) is 7.93. The average molecular weight is 288 g/mol. The van der Waals surface area contributed by atoms with Crippen LogP contribution in [0.2, 0.25) is 0 Å². The van der Waals surface area contributed by atoms with Crippen molar-refractivity contribution in [3.63, 3.8) is 0 Å². The highest BCUT2D eigenvalue weighted by Gasteiger charge is 2.59. The van der Waals surface area contributed by atoms with E-state index in [1.807, 2.05) is 13.8 Å². The van der Waals surface area contributed by atoms with Gasteiger partial charge in [-0.3, -0.25) is 9.59 Å². The fourth-order valence-electron chi connectivity index (χ4n) is 4.97. The first-order chi connectivity index (χ1) is 9.61. The van der Waals surface area contributed by atoms with Crippen LogP contribution in [0.4, 0.5) is 0 Å². The lowest BCUT2D eigenvalue weighted by molar-refractivity contribution is -0.142. The van der Waals surface area contributed by atoms with Crippen LogP contribution in [0.1, 0.15) is 53.4 Å². The van der Waals surface area contributed by atoms with E-state index in [-0.39, 0.29) is 22.5 Å². The normalized spacial score (nSPS) is 41.9. The second kappa shape index (κ2) is 4.16. The molecule has 0 aromatic carbocycles. The predicted molar refractivity (Wildman–Crippen MR) is 80.6 cm³/mol. The van der Waals surface area contributed by atoms with Gasteiger partial charge in [0, 0.05) is 11.8 Å². The maximum absolute atomic E-state index is 12.3. The molecule has 0 aromatic rings. The minimum Gasteiger partial charge on any atom is -0.381 e. The molecule has 3 aliphatic carbocycles. The molecule has 0 bridgehead atoms. The van der Waals surface area contributed by atoms with Crippen molar-refractivity contribution in [1.29, 1.82) is 0 Å². The molecule has 1 N–H and O–H groups in total. The molecule has 21 heavy (non-hydrogen) atoms. The number of hydrogen-bond acceptors (Lipinski definition) is 3. The lowest BCUT2D eigenvalue weighted by Gasteiger charge is -2.58. The minimum absolute atomic E-state index is 0.00810. The third-order valence-corrected chi connectivity index (χ3v) is 6.25. The number of aliphatic hydroxyl groups is 1. The van der Waals surface area contributed by atoms with Crippen LogP contribution < -0.4 is 0 Å². The molecule has 3 rings (SSSR count). The van der Waals surface area contributed by atoms with Gasteiger partial charge in [-0.2, -0.15) is 0 Å². The summed E-state index contributed by atoms with van der Waals surface area (Å²) in [7, 11) is 0. The summed E-state index contributed by atoms with van der Waals surface area (Å²) >= 11 is 0. The summed E-state index contributed by atoms with van der Waals surface area (Å²) < 4.78 is 0. The molecule has 3 atom stereocenters. The molecule has 0 saturated heterocycles. The second-order valence-electron chi connectivity index (χ2n) is 7.83. The Kier molecular flexibility index (Phi) is 2.91. The van der Waals surface area contributed by atoms with Gasteiger partial charge in [0.25, 0.3) is 0 Å². The second-order valence-corrected chi connectivity index (χ2v) is 7.83. The number of rotatable bonds is 0. The zero-order valence-electron chi connectivity index (χ0n) is 13.3. The van der Waals surface area contributed by atoms with Crippen LogP contribution >= 0.6 is 0 Å². The average Bonchev–Trinajstić information content (AvgIpc) is 2.37. The van der Waals surface area contributed by atoms with Crippen LogP contribution in [-0.4, -0.2) is 22.3 Å². The van der Waals surface area contributed by atoms with Crippen LogP contribution in [0.25, 0.3) is 0 Å². The molecule has 3 nitrogen and oxygen atoms in total. The molecule has 3 unspecified atom stereocenters. The number of allylic oxidation sites excluding steroid dienone is 2. The summed E-state index contributed by atoms with van der Waals surface area (Å²) in [5.74, 6) is 0.494. The van der Waals surface area contributed by atoms with Crippen LogP contribution in [0.15, 0.2) is 23.3 Å². The zero-order chi connectivity index (χ0) is 15.6. The van der Waals surface area contributed by atoms with Gasteiger partial charge in [-0.15, -0.1) is 0 Å². The molecule has 0 radical (unpaired) electrons. The zero-order valence-corrected chi connectivity index (χ0v) is 13.3. The summed E-state index contributed by atoms with van der Waals surface area (Å²) in [6, 6.07) is 0. The lowest BCUT2D eigenvalue weighted by Crippen LogP contribution is -2.56. The Hall–Kier alpha value is -1.22. The first kappa shape index (κ1) is 14.7. The fraction of sp³-hybridized carbons (Fsp3) is 0.667. The van der Waals surface area contributed by atoms with E-state index in [0.717, 1.165) is 18.4 Å². The van der Waals surface area contributed by atoms with Gasteiger partial charge in [0.1, 0.15) is 11.4 Å². The van der Waals surface area contributed by atoms with Gasteiger partial charge in [0.15, 0.2) is 5.78 Å². The van der Waals surface area contributed by atoms with E-state index < -0.39 is 5.60 Å². The summed E-state index contributed by atoms with van der Waals surface area (Å²) in [4.78, 5) is 24.4. The van der Waals surface area contributed by atoms with Gasteiger partial charge in [-0.25, -0.2) is 0 Å². The van der Waals surface area contributed by atoms with E-state index in [0.29, 0.717) is 24.2 Å². The van der Waals surface area contributed by atoms with Crippen molar-refractivity contribution in [2.75, 3.05) is 0 Å². The van der Waals surface area contributed by atoms with Crippen molar-refractivity contribution in [2.45, 2.75) is 59.0 Å². The van der Waals surface area contributed by atoms with Crippen LogP contribution in [0.5, 0.6) is 0 Å². The molecule has 0 spiro atoms. The number of hydrogen-bond donors (Lipinski definition) is 1. The topological polar surface area (TPSA) is 54.4 Å². The van der Waals surface area contributed by atoms with Gasteiger partial charge in [-0.1, -0.05) is 20.8 Å². The summed E-state index contributed by atoms with van der Waals surface area (Å²) in [6.07, 6.45) is 6.06. The number of Topliss-reactive ketones (excluding diaryl/α,β-unsaturated/α-hetero) is 1. The van der Waals surface area contributed by atoms with Gasteiger partial charge in [0.2, 0.25) is 0 Å². The van der Waals surface area contributed by atoms with E-state index in [1.54, 1.807) is 19.1 Å². The largest absolute Gasteiger partial charge is 0.381 e. The third kappa shape index (κ3) is 1.83. The smallest absolute Gasteiger partial charge is 0.181 e. The van der Waals surface area contributed by atoms with Crippen molar-refractivity contribution in [2.24, 2.45) is 16.7 Å². The number of carbonyl (C=O) groups excluding carboxylic acids is 2. The molecule has 0 amide bonds. The Morgan fingerprint density at radius 2 is 1.86 bits per heavy atom. The van der Waals surface area contributed by atoms with Gasteiger partial charge in [0.05, 0.1) is 0 Å². The van der Waals surface area contributed by atoms with Crippen molar-refractivity contribution < 1.29 is 14.7 Å². The molecular weight excluding hydrogens is 264 g/mol. The van der Waals surface area contributed by atoms with E-state index >= 15 is 0 Å². The molecule has 114 valence electrons. The Balaban J connectivity index is 2.12. The molecule has 2 fully saturated rings. The highest BCUT2D eigenvalue weighted by atomic mass is 16.3. The Bertz CT molecular complexity index is 596. The SMILES string of the molecule is CC1=CC2(O)CCC3C(C)(C)C(=O)CCC3(C)C2=CC1=O. The number of ketones is 2. The molecular formula is C18H24O3. The van der Waals surface area contributed by atoms with E-state index in [1.165, 1.54) is 0 Å². The summed E-state index contributed by atoms with van der Waals surface area (Å²) in [5.41, 5.74) is -0.192. The predicted octanol–water partition coefficient (Wildman–Crippen LogP) is 2.98. The Morgan fingerprint density at radius 3 is 2.52 bits per heavy atom. The van der Waals surface area contributed by atoms with Crippen molar-refractivity contribution in [3.05, 3.63) is 23.3 Å².